The van der Waals surface area contributed by atoms with Crippen LogP contribution in [0.1, 0.15) is 26.3 Å². The van der Waals surface area contributed by atoms with Gasteiger partial charge in [0.1, 0.15) is 11.5 Å². The maximum absolute atomic E-state index is 12.4. The van der Waals surface area contributed by atoms with Gasteiger partial charge < -0.3 is 14.9 Å². The van der Waals surface area contributed by atoms with Crippen molar-refractivity contribution in [2.75, 3.05) is 7.11 Å². The zero-order chi connectivity index (χ0) is 14.7. The number of benzene rings is 2. The molecule has 2 N–H and O–H groups in total. The first-order chi connectivity index (χ1) is 9.54. The molecule has 0 amide bonds. The maximum atomic E-state index is 12.4. The molecule has 2 rings (SSSR count). The first-order valence-electron chi connectivity index (χ1n) is 5.78. The zero-order valence-electron chi connectivity index (χ0n) is 10.7. The molecule has 0 heterocycles. The standard InChI is InChI=1S/C15H12O5/c1-20-9-6-7-13(16)12(8-9)14(17)10-4-2-3-5-11(10)15(18)19/h2-8,16H,1H3,(H,18,19). The molecule has 0 aliphatic rings. The van der Waals surface area contributed by atoms with Gasteiger partial charge in [0.2, 0.25) is 0 Å². The van der Waals surface area contributed by atoms with Crippen molar-refractivity contribution in [3.63, 3.8) is 0 Å². The smallest absolute Gasteiger partial charge is 0.336 e. The molecule has 2 aromatic carbocycles. The molecule has 0 unspecified atom stereocenters. The summed E-state index contributed by atoms with van der Waals surface area (Å²) in [5, 5.41) is 18.9. The van der Waals surface area contributed by atoms with Crippen LogP contribution in [-0.4, -0.2) is 29.1 Å². The van der Waals surface area contributed by atoms with E-state index in [4.69, 9.17) is 9.84 Å². The van der Waals surface area contributed by atoms with Crippen LogP contribution in [0.3, 0.4) is 0 Å². The highest BCUT2D eigenvalue weighted by molar-refractivity contribution is 6.15. The summed E-state index contributed by atoms with van der Waals surface area (Å²) in [6.07, 6.45) is 0. The van der Waals surface area contributed by atoms with Crippen LogP contribution in [0.5, 0.6) is 11.5 Å². The molecule has 0 bridgehead atoms. The molecule has 5 heteroatoms. The zero-order valence-corrected chi connectivity index (χ0v) is 10.7. The molecule has 0 saturated heterocycles. The molecule has 0 fully saturated rings. The van der Waals surface area contributed by atoms with E-state index in [1.165, 1.54) is 43.5 Å². The number of carbonyl (C=O) groups excluding carboxylic acids is 1. The third kappa shape index (κ3) is 2.47. The average Bonchev–Trinajstić information content (AvgIpc) is 2.47. The molecule has 0 aromatic heterocycles. The van der Waals surface area contributed by atoms with Gasteiger partial charge in [-0.25, -0.2) is 4.79 Å². The second kappa shape index (κ2) is 5.44. The Morgan fingerprint density at radius 2 is 1.65 bits per heavy atom. The number of rotatable bonds is 4. The van der Waals surface area contributed by atoms with Crippen molar-refractivity contribution in [3.05, 3.63) is 59.2 Å². The average molecular weight is 272 g/mol. The Bertz CT molecular complexity index is 676. The Morgan fingerprint density at radius 3 is 2.25 bits per heavy atom. The lowest BCUT2D eigenvalue weighted by Crippen LogP contribution is -2.09. The Labute approximate surface area is 115 Å². The quantitative estimate of drug-likeness (QED) is 0.834. The Kier molecular flexibility index (Phi) is 3.70. The molecule has 0 aliphatic carbocycles. The monoisotopic (exact) mass is 272 g/mol. The molecule has 20 heavy (non-hydrogen) atoms. The van der Waals surface area contributed by atoms with Crippen molar-refractivity contribution in [1.82, 2.24) is 0 Å². The van der Waals surface area contributed by atoms with Crippen molar-refractivity contribution in [1.29, 1.82) is 0 Å². The number of phenolic OH excluding ortho intramolecular Hbond substituents is 1. The molecule has 5 nitrogen and oxygen atoms in total. The summed E-state index contributed by atoms with van der Waals surface area (Å²) in [7, 11) is 1.44. The van der Waals surface area contributed by atoms with Crippen LogP contribution < -0.4 is 4.74 Å². The van der Waals surface area contributed by atoms with Gasteiger partial charge >= 0.3 is 5.97 Å². The highest BCUT2D eigenvalue weighted by Gasteiger charge is 2.20. The number of ether oxygens (including phenoxy) is 1. The van der Waals surface area contributed by atoms with E-state index in [0.717, 1.165) is 0 Å². The van der Waals surface area contributed by atoms with Gasteiger partial charge in [-0.3, -0.25) is 4.79 Å². The molecular formula is C15H12O5. The first kappa shape index (κ1) is 13.6. The number of carboxylic acid groups (broad SMARTS) is 1. The SMILES string of the molecule is COc1ccc(O)c(C(=O)c2ccccc2C(=O)O)c1. The number of aromatic carboxylic acids is 1. The van der Waals surface area contributed by atoms with Crippen molar-refractivity contribution >= 4 is 11.8 Å². The number of ketones is 1. The van der Waals surface area contributed by atoms with Gasteiger partial charge in [0.05, 0.1) is 18.2 Å². The number of aromatic hydroxyl groups is 1. The van der Waals surface area contributed by atoms with Gasteiger partial charge in [-0.1, -0.05) is 18.2 Å². The molecule has 0 aliphatic heterocycles. The number of hydrogen-bond acceptors (Lipinski definition) is 4. The topological polar surface area (TPSA) is 83.8 Å². The van der Waals surface area contributed by atoms with E-state index in [-0.39, 0.29) is 22.4 Å². The normalized spacial score (nSPS) is 10.1. The largest absolute Gasteiger partial charge is 0.507 e. The summed E-state index contributed by atoms with van der Waals surface area (Å²) >= 11 is 0. The van der Waals surface area contributed by atoms with Crippen molar-refractivity contribution in [3.8, 4) is 11.5 Å². The fourth-order valence-electron chi connectivity index (χ4n) is 1.84. The van der Waals surface area contributed by atoms with Crippen molar-refractivity contribution in [2.45, 2.75) is 0 Å². The van der Waals surface area contributed by atoms with Gasteiger partial charge in [0.25, 0.3) is 0 Å². The van der Waals surface area contributed by atoms with E-state index in [1.807, 2.05) is 0 Å². The van der Waals surface area contributed by atoms with Crippen LogP contribution >= 0.6 is 0 Å². The summed E-state index contributed by atoms with van der Waals surface area (Å²) in [4.78, 5) is 23.5. The second-order valence-electron chi connectivity index (χ2n) is 4.06. The van der Waals surface area contributed by atoms with Crippen LogP contribution in [0.15, 0.2) is 42.5 Å². The fourth-order valence-corrected chi connectivity index (χ4v) is 1.84. The van der Waals surface area contributed by atoms with Gasteiger partial charge in [0, 0.05) is 5.56 Å². The second-order valence-corrected chi connectivity index (χ2v) is 4.06. The van der Waals surface area contributed by atoms with Gasteiger partial charge in [-0.2, -0.15) is 0 Å². The summed E-state index contributed by atoms with van der Waals surface area (Å²) < 4.78 is 4.99. The fraction of sp³-hybridized carbons (Fsp3) is 0.0667. The lowest BCUT2D eigenvalue weighted by Gasteiger charge is -2.08. The number of methoxy groups -OCH3 is 1. The maximum Gasteiger partial charge on any atom is 0.336 e. The molecule has 0 radical (unpaired) electrons. The minimum Gasteiger partial charge on any atom is -0.507 e. The number of phenols is 1. The number of carbonyl (C=O) groups is 2. The van der Waals surface area contributed by atoms with Crippen LogP contribution in [0.4, 0.5) is 0 Å². The summed E-state index contributed by atoms with van der Waals surface area (Å²) in [5.41, 5.74) is -0.0960. The third-order valence-corrected chi connectivity index (χ3v) is 2.85. The summed E-state index contributed by atoms with van der Waals surface area (Å²) in [6.45, 7) is 0. The Balaban J connectivity index is 2.54. The number of hydrogen-bond donors (Lipinski definition) is 2. The molecular weight excluding hydrogens is 260 g/mol. The molecule has 2 aromatic rings. The molecule has 102 valence electrons. The molecule has 0 atom stereocenters. The highest BCUT2D eigenvalue weighted by atomic mass is 16.5. The van der Waals surface area contributed by atoms with E-state index >= 15 is 0 Å². The predicted molar refractivity (Wildman–Crippen MR) is 71.5 cm³/mol. The van der Waals surface area contributed by atoms with Crippen molar-refractivity contribution < 1.29 is 24.5 Å². The van der Waals surface area contributed by atoms with Gasteiger partial charge in [-0.05, 0) is 24.3 Å². The van der Waals surface area contributed by atoms with Gasteiger partial charge in [-0.15, -0.1) is 0 Å². The first-order valence-corrected chi connectivity index (χ1v) is 5.78. The van der Waals surface area contributed by atoms with E-state index in [1.54, 1.807) is 6.07 Å². The highest BCUT2D eigenvalue weighted by Crippen LogP contribution is 2.26. The summed E-state index contributed by atoms with van der Waals surface area (Å²) in [5.74, 6) is -1.59. The van der Waals surface area contributed by atoms with Crippen LogP contribution in [-0.2, 0) is 0 Å². The molecule has 0 spiro atoms. The van der Waals surface area contributed by atoms with E-state index in [0.29, 0.717) is 5.75 Å². The van der Waals surface area contributed by atoms with Crippen LogP contribution in [0.2, 0.25) is 0 Å². The lowest BCUT2D eigenvalue weighted by atomic mass is 9.97. The Morgan fingerprint density at radius 1 is 1.00 bits per heavy atom. The van der Waals surface area contributed by atoms with Gasteiger partial charge in [0.15, 0.2) is 5.78 Å². The summed E-state index contributed by atoms with van der Waals surface area (Å²) in [6, 6.07) is 10.1. The third-order valence-electron chi connectivity index (χ3n) is 2.85. The minimum absolute atomic E-state index is 0.00181. The van der Waals surface area contributed by atoms with Crippen LogP contribution in [0.25, 0.3) is 0 Å². The minimum atomic E-state index is -1.20. The lowest BCUT2D eigenvalue weighted by molar-refractivity contribution is 0.0692. The van der Waals surface area contributed by atoms with E-state index in [9.17, 15) is 14.7 Å². The van der Waals surface area contributed by atoms with Crippen LogP contribution in [0, 0.1) is 0 Å². The Hall–Kier alpha value is -2.82. The number of carboxylic acids is 1. The molecule has 0 saturated carbocycles. The predicted octanol–water partition coefficient (Wildman–Crippen LogP) is 2.33. The van der Waals surface area contributed by atoms with E-state index in [2.05, 4.69) is 0 Å². The van der Waals surface area contributed by atoms with Crippen molar-refractivity contribution in [2.24, 2.45) is 0 Å². The van der Waals surface area contributed by atoms with E-state index < -0.39 is 11.8 Å².